The van der Waals surface area contributed by atoms with Gasteiger partial charge in [0.05, 0.1) is 13.7 Å². The number of hydrogen-bond donors (Lipinski definition) is 1. The zero-order chi connectivity index (χ0) is 14.7. The summed E-state index contributed by atoms with van der Waals surface area (Å²) in [5, 5.41) is 5.16. The fourth-order valence-electron chi connectivity index (χ4n) is 2.27. The van der Waals surface area contributed by atoms with E-state index in [0.717, 1.165) is 34.0 Å². The van der Waals surface area contributed by atoms with Gasteiger partial charge in [0.15, 0.2) is 11.3 Å². The topological polar surface area (TPSA) is 34.4 Å². The highest BCUT2D eigenvalue weighted by molar-refractivity contribution is 6.30. The molecule has 3 rings (SSSR count). The standard InChI is InChI=1S/C17H16ClNO2/c1-20-16-4-2-3-13-9-15(21-17(13)16)11-19-10-12-5-7-14(18)8-6-12/h2-9,19H,10-11H2,1H3. The smallest absolute Gasteiger partial charge is 0.176 e. The molecule has 0 saturated carbocycles. The van der Waals surface area contributed by atoms with Crippen molar-refractivity contribution >= 4 is 22.6 Å². The van der Waals surface area contributed by atoms with Crippen LogP contribution >= 0.6 is 11.6 Å². The summed E-state index contributed by atoms with van der Waals surface area (Å²) in [6.07, 6.45) is 0. The van der Waals surface area contributed by atoms with Crippen molar-refractivity contribution in [2.75, 3.05) is 7.11 Å². The Labute approximate surface area is 128 Å². The van der Waals surface area contributed by atoms with E-state index in [-0.39, 0.29) is 0 Å². The molecule has 2 aromatic carbocycles. The van der Waals surface area contributed by atoms with E-state index in [2.05, 4.69) is 5.32 Å². The van der Waals surface area contributed by atoms with E-state index in [9.17, 15) is 0 Å². The molecular formula is C17H16ClNO2. The zero-order valence-corrected chi connectivity index (χ0v) is 12.5. The van der Waals surface area contributed by atoms with Gasteiger partial charge in [-0.25, -0.2) is 0 Å². The molecule has 0 unspecified atom stereocenters. The Morgan fingerprint density at radius 2 is 1.90 bits per heavy atom. The first kappa shape index (κ1) is 14.0. The van der Waals surface area contributed by atoms with Crippen molar-refractivity contribution in [3.8, 4) is 5.75 Å². The zero-order valence-electron chi connectivity index (χ0n) is 11.7. The van der Waals surface area contributed by atoms with Gasteiger partial charge in [-0.2, -0.15) is 0 Å². The van der Waals surface area contributed by atoms with Gasteiger partial charge < -0.3 is 14.5 Å². The molecule has 1 N–H and O–H groups in total. The van der Waals surface area contributed by atoms with Gasteiger partial charge in [-0.05, 0) is 29.8 Å². The van der Waals surface area contributed by atoms with Gasteiger partial charge >= 0.3 is 0 Å². The molecule has 0 spiro atoms. The second-order valence-electron chi connectivity index (χ2n) is 4.82. The van der Waals surface area contributed by atoms with Crippen LogP contribution in [-0.2, 0) is 13.1 Å². The van der Waals surface area contributed by atoms with Crippen LogP contribution in [0, 0.1) is 0 Å². The third-order valence-corrected chi connectivity index (χ3v) is 3.57. The molecule has 0 aliphatic heterocycles. The van der Waals surface area contributed by atoms with Gasteiger partial charge in [0, 0.05) is 17.0 Å². The van der Waals surface area contributed by atoms with Crippen molar-refractivity contribution in [3.63, 3.8) is 0 Å². The molecule has 0 saturated heterocycles. The number of fused-ring (bicyclic) bond motifs is 1. The lowest BCUT2D eigenvalue weighted by molar-refractivity contribution is 0.406. The fourth-order valence-corrected chi connectivity index (χ4v) is 2.40. The minimum absolute atomic E-state index is 0.667. The summed E-state index contributed by atoms with van der Waals surface area (Å²) in [6, 6.07) is 15.7. The monoisotopic (exact) mass is 301 g/mol. The number of furan rings is 1. The van der Waals surface area contributed by atoms with Crippen LogP contribution in [0.3, 0.4) is 0 Å². The Kier molecular flexibility index (Phi) is 4.13. The molecular weight excluding hydrogens is 286 g/mol. The molecule has 0 radical (unpaired) electrons. The second kappa shape index (κ2) is 6.20. The number of methoxy groups -OCH3 is 1. The SMILES string of the molecule is COc1cccc2cc(CNCc3ccc(Cl)cc3)oc12. The number of halogens is 1. The van der Waals surface area contributed by atoms with Crippen molar-refractivity contribution in [2.45, 2.75) is 13.1 Å². The third-order valence-electron chi connectivity index (χ3n) is 3.32. The summed E-state index contributed by atoms with van der Waals surface area (Å²) in [7, 11) is 1.65. The molecule has 0 fully saturated rings. The van der Waals surface area contributed by atoms with Crippen LogP contribution in [0.5, 0.6) is 5.75 Å². The summed E-state index contributed by atoms with van der Waals surface area (Å²) < 4.78 is 11.1. The summed E-state index contributed by atoms with van der Waals surface area (Å²) >= 11 is 5.87. The summed E-state index contributed by atoms with van der Waals surface area (Å²) in [6.45, 7) is 1.44. The van der Waals surface area contributed by atoms with Gasteiger partial charge in [0.1, 0.15) is 5.76 Å². The number of ether oxygens (including phenoxy) is 1. The molecule has 3 nitrogen and oxygen atoms in total. The first-order valence-corrected chi connectivity index (χ1v) is 7.14. The first-order chi connectivity index (χ1) is 10.3. The van der Waals surface area contributed by atoms with Crippen LogP contribution < -0.4 is 10.1 Å². The molecule has 1 heterocycles. The van der Waals surface area contributed by atoms with Crippen LogP contribution in [0.2, 0.25) is 5.02 Å². The molecule has 21 heavy (non-hydrogen) atoms. The van der Waals surface area contributed by atoms with Crippen LogP contribution in [0.15, 0.2) is 52.9 Å². The van der Waals surface area contributed by atoms with Gasteiger partial charge in [-0.1, -0.05) is 35.9 Å². The Morgan fingerprint density at radius 1 is 1.10 bits per heavy atom. The molecule has 1 aromatic heterocycles. The van der Waals surface area contributed by atoms with Gasteiger partial charge in [-0.3, -0.25) is 0 Å². The average molecular weight is 302 g/mol. The molecule has 108 valence electrons. The highest BCUT2D eigenvalue weighted by Crippen LogP contribution is 2.28. The number of rotatable bonds is 5. The number of para-hydroxylation sites is 1. The van der Waals surface area contributed by atoms with Crippen molar-refractivity contribution in [1.82, 2.24) is 5.32 Å². The minimum Gasteiger partial charge on any atom is -0.493 e. The average Bonchev–Trinajstić information content (AvgIpc) is 2.92. The minimum atomic E-state index is 0.667. The van der Waals surface area contributed by atoms with Gasteiger partial charge in [0.2, 0.25) is 0 Å². The predicted octanol–water partition coefficient (Wildman–Crippen LogP) is 4.38. The maximum atomic E-state index is 5.87. The summed E-state index contributed by atoms with van der Waals surface area (Å²) in [5.74, 6) is 1.65. The fraction of sp³-hybridized carbons (Fsp3) is 0.176. The Bertz CT molecular complexity index is 734. The quantitative estimate of drug-likeness (QED) is 0.759. The number of hydrogen-bond acceptors (Lipinski definition) is 3. The largest absolute Gasteiger partial charge is 0.493 e. The summed E-state index contributed by atoms with van der Waals surface area (Å²) in [4.78, 5) is 0. The van der Waals surface area contributed by atoms with E-state index in [4.69, 9.17) is 20.8 Å². The lowest BCUT2D eigenvalue weighted by Crippen LogP contribution is -2.11. The van der Waals surface area contributed by atoms with E-state index in [0.29, 0.717) is 6.54 Å². The molecule has 0 aliphatic carbocycles. The second-order valence-corrected chi connectivity index (χ2v) is 5.26. The van der Waals surface area contributed by atoms with E-state index < -0.39 is 0 Å². The van der Waals surface area contributed by atoms with Crippen molar-refractivity contribution < 1.29 is 9.15 Å². The van der Waals surface area contributed by atoms with Gasteiger partial charge in [-0.15, -0.1) is 0 Å². The third kappa shape index (κ3) is 3.20. The highest BCUT2D eigenvalue weighted by atomic mass is 35.5. The van der Waals surface area contributed by atoms with Crippen LogP contribution in [-0.4, -0.2) is 7.11 Å². The van der Waals surface area contributed by atoms with Crippen LogP contribution in [0.4, 0.5) is 0 Å². The van der Waals surface area contributed by atoms with E-state index >= 15 is 0 Å². The molecule has 0 amide bonds. The number of nitrogens with one attached hydrogen (secondary N) is 1. The van der Waals surface area contributed by atoms with Crippen molar-refractivity contribution in [1.29, 1.82) is 0 Å². The molecule has 0 bridgehead atoms. The predicted molar refractivity (Wildman–Crippen MR) is 84.8 cm³/mol. The van der Waals surface area contributed by atoms with E-state index in [1.54, 1.807) is 7.11 Å². The van der Waals surface area contributed by atoms with Crippen LogP contribution in [0.1, 0.15) is 11.3 Å². The van der Waals surface area contributed by atoms with Crippen molar-refractivity contribution in [3.05, 3.63) is 64.9 Å². The molecule has 0 atom stereocenters. The highest BCUT2D eigenvalue weighted by Gasteiger charge is 2.08. The summed E-state index contributed by atoms with van der Waals surface area (Å²) in [5.41, 5.74) is 1.98. The number of benzene rings is 2. The van der Waals surface area contributed by atoms with E-state index in [1.807, 2.05) is 48.5 Å². The van der Waals surface area contributed by atoms with Crippen molar-refractivity contribution in [2.24, 2.45) is 0 Å². The Morgan fingerprint density at radius 3 is 2.67 bits per heavy atom. The lowest BCUT2D eigenvalue weighted by Gasteiger charge is -2.03. The molecule has 3 aromatic rings. The van der Waals surface area contributed by atoms with E-state index in [1.165, 1.54) is 5.56 Å². The molecule has 0 aliphatic rings. The maximum absolute atomic E-state index is 5.87. The normalized spacial score (nSPS) is 11.0. The van der Waals surface area contributed by atoms with Gasteiger partial charge in [0.25, 0.3) is 0 Å². The van der Waals surface area contributed by atoms with Crippen LogP contribution in [0.25, 0.3) is 11.0 Å². The first-order valence-electron chi connectivity index (χ1n) is 6.77. The Hall–Kier alpha value is -1.97. The molecule has 4 heteroatoms. The maximum Gasteiger partial charge on any atom is 0.176 e. The Balaban J connectivity index is 1.66. The lowest BCUT2D eigenvalue weighted by atomic mass is 10.2.